The molecule has 0 saturated carbocycles. The van der Waals surface area contributed by atoms with Crippen LogP contribution < -0.4 is 9.47 Å². The maximum atomic E-state index is 10.4. The first-order valence-corrected chi connectivity index (χ1v) is 6.63. The summed E-state index contributed by atoms with van der Waals surface area (Å²) in [6.07, 6.45) is 0.461. The van der Waals surface area contributed by atoms with E-state index in [-0.39, 0.29) is 0 Å². The molecule has 0 aliphatic carbocycles. The van der Waals surface area contributed by atoms with Gasteiger partial charge in [-0.1, -0.05) is 6.92 Å². The van der Waals surface area contributed by atoms with E-state index in [0.717, 1.165) is 17.7 Å². The number of hydrogen-bond acceptors (Lipinski definition) is 4. The van der Waals surface area contributed by atoms with Crippen LogP contribution in [0, 0.1) is 0 Å². The molecular weight excluding hydrogens is 242 g/mol. The highest BCUT2D eigenvalue weighted by Crippen LogP contribution is 2.30. The van der Waals surface area contributed by atoms with Crippen molar-refractivity contribution in [2.75, 3.05) is 27.8 Å². The van der Waals surface area contributed by atoms with Crippen molar-refractivity contribution >= 4 is 0 Å². The van der Waals surface area contributed by atoms with Gasteiger partial charge in [0, 0.05) is 18.2 Å². The fourth-order valence-corrected chi connectivity index (χ4v) is 1.96. The molecule has 108 valence electrons. The van der Waals surface area contributed by atoms with Crippen LogP contribution in [0.3, 0.4) is 0 Å². The zero-order valence-electron chi connectivity index (χ0n) is 12.5. The van der Waals surface area contributed by atoms with E-state index in [0.29, 0.717) is 18.3 Å². The fraction of sp³-hybridized carbons (Fsp3) is 0.600. The number of ether oxygens (including phenoxy) is 2. The van der Waals surface area contributed by atoms with Crippen molar-refractivity contribution in [1.82, 2.24) is 4.90 Å². The molecule has 0 aliphatic rings. The molecule has 1 rings (SSSR count). The smallest absolute Gasteiger partial charge is 0.124 e. The molecule has 2 unspecified atom stereocenters. The average Bonchev–Trinajstić information content (AvgIpc) is 2.45. The summed E-state index contributed by atoms with van der Waals surface area (Å²) in [6, 6.07) is 5.91. The normalized spacial score (nSPS) is 14.3. The lowest BCUT2D eigenvalue weighted by Crippen LogP contribution is -2.32. The van der Waals surface area contributed by atoms with Crippen LogP contribution in [0.5, 0.6) is 11.5 Å². The number of aliphatic hydroxyl groups excluding tert-OH is 1. The van der Waals surface area contributed by atoms with Crippen LogP contribution in [0.2, 0.25) is 0 Å². The molecule has 0 radical (unpaired) electrons. The van der Waals surface area contributed by atoms with Gasteiger partial charge in [-0.3, -0.25) is 0 Å². The van der Waals surface area contributed by atoms with Crippen LogP contribution in [0.15, 0.2) is 18.2 Å². The molecule has 0 aliphatic heterocycles. The molecule has 1 aromatic carbocycles. The molecule has 0 spiro atoms. The van der Waals surface area contributed by atoms with E-state index in [1.165, 1.54) is 0 Å². The van der Waals surface area contributed by atoms with Gasteiger partial charge in [0.1, 0.15) is 11.5 Å². The molecule has 19 heavy (non-hydrogen) atoms. The second-order valence-corrected chi connectivity index (χ2v) is 4.82. The number of aliphatic hydroxyl groups is 1. The number of nitrogens with zero attached hydrogens (tertiary/aromatic N) is 1. The maximum Gasteiger partial charge on any atom is 0.124 e. The predicted octanol–water partition coefficient (Wildman–Crippen LogP) is 2.47. The van der Waals surface area contributed by atoms with E-state index in [1.807, 2.05) is 25.2 Å². The highest BCUT2D eigenvalue weighted by atomic mass is 16.5. The summed E-state index contributed by atoms with van der Waals surface area (Å²) in [5, 5.41) is 10.4. The van der Waals surface area contributed by atoms with Gasteiger partial charge < -0.3 is 19.5 Å². The molecule has 0 aromatic heterocycles. The zero-order valence-corrected chi connectivity index (χ0v) is 12.5. The molecule has 4 nitrogen and oxygen atoms in total. The summed E-state index contributed by atoms with van der Waals surface area (Å²) in [7, 11) is 5.24. The van der Waals surface area contributed by atoms with Gasteiger partial charge in [0.2, 0.25) is 0 Å². The van der Waals surface area contributed by atoms with Gasteiger partial charge in [0.25, 0.3) is 0 Å². The summed E-state index contributed by atoms with van der Waals surface area (Å²) in [6.45, 7) is 4.85. The van der Waals surface area contributed by atoms with E-state index in [4.69, 9.17) is 9.47 Å². The molecule has 0 bridgehead atoms. The third-order valence-corrected chi connectivity index (χ3v) is 3.60. The Morgan fingerprint density at radius 3 is 2.47 bits per heavy atom. The fourth-order valence-electron chi connectivity index (χ4n) is 1.96. The molecule has 1 N–H and O–H groups in total. The molecular formula is C15H25NO3. The second kappa shape index (κ2) is 7.36. The zero-order chi connectivity index (χ0) is 14.4. The van der Waals surface area contributed by atoms with Gasteiger partial charge in [-0.25, -0.2) is 0 Å². The van der Waals surface area contributed by atoms with Gasteiger partial charge in [-0.05, 0) is 38.6 Å². The molecule has 4 heteroatoms. The number of hydrogen-bond donors (Lipinski definition) is 1. The van der Waals surface area contributed by atoms with Crippen LogP contribution in [-0.2, 0) is 0 Å². The Labute approximate surface area is 115 Å². The van der Waals surface area contributed by atoms with Gasteiger partial charge in [-0.15, -0.1) is 0 Å². The first-order chi connectivity index (χ1) is 9.03. The SMILES string of the molecule is CCC(C)N(C)CC(O)c1cc(OC)ccc1OC. The van der Waals surface area contributed by atoms with Crippen molar-refractivity contribution in [1.29, 1.82) is 0 Å². The third kappa shape index (κ3) is 4.11. The average molecular weight is 267 g/mol. The minimum atomic E-state index is -0.593. The summed E-state index contributed by atoms with van der Waals surface area (Å²) in [5.41, 5.74) is 0.761. The summed E-state index contributed by atoms with van der Waals surface area (Å²) in [5.74, 6) is 1.41. The second-order valence-electron chi connectivity index (χ2n) is 4.82. The monoisotopic (exact) mass is 267 g/mol. The quantitative estimate of drug-likeness (QED) is 0.824. The molecule has 0 saturated heterocycles. The van der Waals surface area contributed by atoms with E-state index >= 15 is 0 Å². The number of benzene rings is 1. The van der Waals surface area contributed by atoms with Crippen LogP contribution in [0.1, 0.15) is 31.9 Å². The van der Waals surface area contributed by atoms with E-state index in [1.54, 1.807) is 14.2 Å². The molecule has 1 aromatic rings. The van der Waals surface area contributed by atoms with Crippen LogP contribution in [0.25, 0.3) is 0 Å². The molecule has 2 atom stereocenters. The lowest BCUT2D eigenvalue weighted by atomic mass is 10.1. The van der Waals surface area contributed by atoms with Crippen molar-refractivity contribution in [3.8, 4) is 11.5 Å². The Bertz CT molecular complexity index is 395. The lowest BCUT2D eigenvalue weighted by molar-refractivity contribution is 0.105. The van der Waals surface area contributed by atoms with Crippen LogP contribution in [-0.4, -0.2) is 43.9 Å². The predicted molar refractivity (Wildman–Crippen MR) is 76.9 cm³/mol. The van der Waals surface area contributed by atoms with E-state index < -0.39 is 6.10 Å². The van der Waals surface area contributed by atoms with Gasteiger partial charge in [-0.2, -0.15) is 0 Å². The number of likely N-dealkylation sites (N-methyl/N-ethyl adjacent to an activating group) is 1. The summed E-state index contributed by atoms with van der Waals surface area (Å²) >= 11 is 0. The van der Waals surface area contributed by atoms with Crippen molar-refractivity contribution in [2.45, 2.75) is 32.4 Å². The van der Waals surface area contributed by atoms with E-state index in [2.05, 4.69) is 18.7 Å². The number of rotatable bonds is 7. The molecule has 0 heterocycles. The summed E-state index contributed by atoms with van der Waals surface area (Å²) in [4.78, 5) is 2.14. The topological polar surface area (TPSA) is 41.9 Å². The van der Waals surface area contributed by atoms with Gasteiger partial charge in [0.15, 0.2) is 0 Å². The third-order valence-electron chi connectivity index (χ3n) is 3.60. The Kier molecular flexibility index (Phi) is 6.12. The van der Waals surface area contributed by atoms with Gasteiger partial charge >= 0.3 is 0 Å². The van der Waals surface area contributed by atoms with Crippen molar-refractivity contribution < 1.29 is 14.6 Å². The minimum absolute atomic E-state index is 0.436. The maximum absolute atomic E-state index is 10.4. The largest absolute Gasteiger partial charge is 0.497 e. The standard InChI is InChI=1S/C15H25NO3/c1-6-11(2)16(3)10-14(17)13-9-12(18-4)7-8-15(13)19-5/h7-9,11,14,17H,6,10H2,1-5H3. The lowest BCUT2D eigenvalue weighted by Gasteiger charge is -2.27. The number of methoxy groups -OCH3 is 2. The molecule has 0 amide bonds. The van der Waals surface area contributed by atoms with E-state index in [9.17, 15) is 5.11 Å². The minimum Gasteiger partial charge on any atom is -0.497 e. The highest BCUT2D eigenvalue weighted by molar-refractivity contribution is 5.41. The Morgan fingerprint density at radius 2 is 1.95 bits per heavy atom. The molecule has 0 fully saturated rings. The van der Waals surface area contributed by atoms with Crippen LogP contribution in [0.4, 0.5) is 0 Å². The van der Waals surface area contributed by atoms with Crippen molar-refractivity contribution in [3.05, 3.63) is 23.8 Å². The van der Waals surface area contributed by atoms with Gasteiger partial charge in [0.05, 0.1) is 20.3 Å². The Morgan fingerprint density at radius 1 is 1.26 bits per heavy atom. The first-order valence-electron chi connectivity index (χ1n) is 6.63. The van der Waals surface area contributed by atoms with Crippen molar-refractivity contribution in [2.24, 2.45) is 0 Å². The van der Waals surface area contributed by atoms with Crippen molar-refractivity contribution in [3.63, 3.8) is 0 Å². The first kappa shape index (κ1) is 15.8. The highest BCUT2D eigenvalue weighted by Gasteiger charge is 2.18. The van der Waals surface area contributed by atoms with Crippen LogP contribution >= 0.6 is 0 Å². The Hall–Kier alpha value is -1.26. The Balaban J connectivity index is 2.88. The summed E-state index contributed by atoms with van der Waals surface area (Å²) < 4.78 is 10.5.